The van der Waals surface area contributed by atoms with Gasteiger partial charge in [0.05, 0.1) is 0 Å². The third kappa shape index (κ3) is 22.3. The van der Waals surface area contributed by atoms with Gasteiger partial charge in [-0.05, 0) is 20.3 Å². The van der Waals surface area contributed by atoms with Crippen molar-refractivity contribution < 1.29 is 4.43 Å². The van der Waals surface area contributed by atoms with Crippen LogP contribution in [0.2, 0.25) is 0 Å². The van der Waals surface area contributed by atoms with Gasteiger partial charge in [-0.15, -0.1) is 0 Å². The fraction of sp³-hybridized carbons (Fsp3) is 1.00. The van der Waals surface area contributed by atoms with Crippen molar-refractivity contribution in [3.63, 3.8) is 0 Å². The van der Waals surface area contributed by atoms with Crippen LogP contribution >= 0.6 is 0 Å². The van der Waals surface area contributed by atoms with Crippen molar-refractivity contribution >= 4 is 10.5 Å². The molecule has 0 spiro atoms. The van der Waals surface area contributed by atoms with Crippen molar-refractivity contribution in [3.05, 3.63) is 0 Å². The predicted octanol–water partition coefficient (Wildman–Crippen LogP) is 9.08. The molecule has 0 aliphatic carbocycles. The normalized spacial score (nSPS) is 12.0. The molecule has 0 amide bonds. The Morgan fingerprint density at radius 3 is 1.00 bits per heavy atom. The standard InChI is InChI=1S/C25H51OSi/c1-4-5-6-7-8-9-10-11-12-13-14-15-16-17-18-19-20-21-22-23-24-25(2,3)26-27/h4-24H2,1-3H3. The molecule has 2 heteroatoms. The highest BCUT2D eigenvalue weighted by atomic mass is 28.2. The van der Waals surface area contributed by atoms with E-state index in [1.54, 1.807) is 0 Å². The van der Waals surface area contributed by atoms with E-state index in [2.05, 4.69) is 31.3 Å². The van der Waals surface area contributed by atoms with Crippen molar-refractivity contribution in [2.45, 2.75) is 161 Å². The first kappa shape index (κ1) is 27.2. The van der Waals surface area contributed by atoms with E-state index in [0.717, 1.165) is 6.42 Å². The van der Waals surface area contributed by atoms with Gasteiger partial charge in [-0.1, -0.05) is 135 Å². The molecule has 0 bridgehead atoms. The molecule has 0 heterocycles. The molecule has 0 unspecified atom stereocenters. The first-order chi connectivity index (χ1) is 13.1. The summed E-state index contributed by atoms with van der Waals surface area (Å²) in [5.74, 6) is 0. The largest absolute Gasteiger partial charge is 0.414 e. The van der Waals surface area contributed by atoms with E-state index in [4.69, 9.17) is 4.43 Å². The maximum Gasteiger partial charge on any atom is 0.246 e. The fourth-order valence-electron chi connectivity index (χ4n) is 3.86. The Labute approximate surface area is 176 Å². The van der Waals surface area contributed by atoms with Gasteiger partial charge < -0.3 is 4.43 Å². The molecule has 0 aliphatic rings. The van der Waals surface area contributed by atoms with Gasteiger partial charge in [-0.2, -0.15) is 0 Å². The summed E-state index contributed by atoms with van der Waals surface area (Å²) in [5, 5.41) is 0. The summed E-state index contributed by atoms with van der Waals surface area (Å²) in [5.41, 5.74) is -0.00880. The summed E-state index contributed by atoms with van der Waals surface area (Å²) in [4.78, 5) is 0. The molecule has 1 nitrogen and oxygen atoms in total. The van der Waals surface area contributed by atoms with Crippen LogP contribution in [0.5, 0.6) is 0 Å². The minimum absolute atomic E-state index is 0.00880. The Hall–Kier alpha value is 0.177. The van der Waals surface area contributed by atoms with E-state index in [1.165, 1.54) is 128 Å². The molecule has 161 valence electrons. The van der Waals surface area contributed by atoms with E-state index in [1.807, 2.05) is 0 Å². The molecule has 3 radical (unpaired) electrons. The van der Waals surface area contributed by atoms with E-state index < -0.39 is 0 Å². The molecule has 0 fully saturated rings. The summed E-state index contributed by atoms with van der Waals surface area (Å²) >= 11 is 0. The second kappa shape index (κ2) is 20.9. The van der Waals surface area contributed by atoms with Crippen molar-refractivity contribution in [1.82, 2.24) is 0 Å². The minimum atomic E-state index is -0.00880. The van der Waals surface area contributed by atoms with Gasteiger partial charge in [0.1, 0.15) is 0 Å². The molecule has 0 aromatic rings. The van der Waals surface area contributed by atoms with Crippen LogP contribution < -0.4 is 0 Å². The zero-order valence-corrected chi connectivity index (χ0v) is 20.3. The van der Waals surface area contributed by atoms with Crippen molar-refractivity contribution in [2.24, 2.45) is 0 Å². The van der Waals surface area contributed by atoms with E-state index in [-0.39, 0.29) is 5.60 Å². The SMILES string of the molecule is CCCCCCCCCCCCCCCCCCCCCCC(C)(C)O[Si]. The van der Waals surface area contributed by atoms with Crippen molar-refractivity contribution in [1.29, 1.82) is 0 Å². The molecule has 0 saturated heterocycles. The molecular weight excluding hydrogens is 344 g/mol. The van der Waals surface area contributed by atoms with Gasteiger partial charge in [0.2, 0.25) is 10.5 Å². The first-order valence-electron chi connectivity index (χ1n) is 12.5. The van der Waals surface area contributed by atoms with E-state index in [0.29, 0.717) is 0 Å². The van der Waals surface area contributed by atoms with Crippen LogP contribution in [0.4, 0.5) is 0 Å². The van der Waals surface area contributed by atoms with Gasteiger partial charge in [-0.3, -0.25) is 0 Å². The summed E-state index contributed by atoms with van der Waals surface area (Å²) in [6, 6.07) is 0. The van der Waals surface area contributed by atoms with Crippen LogP contribution in [0.25, 0.3) is 0 Å². The molecule has 0 aliphatic heterocycles. The first-order valence-corrected chi connectivity index (χ1v) is 12.9. The van der Waals surface area contributed by atoms with Crippen LogP contribution in [-0.2, 0) is 4.43 Å². The highest BCUT2D eigenvalue weighted by molar-refractivity contribution is 5.98. The van der Waals surface area contributed by atoms with E-state index >= 15 is 0 Å². The lowest BCUT2D eigenvalue weighted by molar-refractivity contribution is 0.109. The third-order valence-electron chi connectivity index (χ3n) is 5.91. The minimum Gasteiger partial charge on any atom is -0.414 e. The Morgan fingerprint density at radius 2 is 0.741 bits per heavy atom. The fourth-order valence-corrected chi connectivity index (χ4v) is 3.96. The smallest absolute Gasteiger partial charge is 0.246 e. The Morgan fingerprint density at radius 1 is 0.481 bits per heavy atom. The number of hydrogen-bond donors (Lipinski definition) is 0. The van der Waals surface area contributed by atoms with Gasteiger partial charge in [0.15, 0.2) is 0 Å². The maximum absolute atomic E-state index is 5.28. The summed E-state index contributed by atoms with van der Waals surface area (Å²) in [6.45, 7) is 6.59. The molecular formula is C25H51OSi. The average Bonchev–Trinajstić information content (AvgIpc) is 2.66. The molecule has 0 saturated carbocycles. The molecule has 27 heavy (non-hydrogen) atoms. The second-order valence-corrected chi connectivity index (χ2v) is 9.53. The molecule has 0 rings (SSSR count). The van der Waals surface area contributed by atoms with Crippen LogP contribution in [0.1, 0.15) is 156 Å². The number of hydrogen-bond acceptors (Lipinski definition) is 1. The lowest BCUT2D eigenvalue weighted by atomic mass is 9.99. The van der Waals surface area contributed by atoms with E-state index in [9.17, 15) is 0 Å². The average molecular weight is 396 g/mol. The molecule has 0 aromatic carbocycles. The Kier molecular flexibility index (Phi) is 21.0. The lowest BCUT2D eigenvalue weighted by Crippen LogP contribution is -2.22. The lowest BCUT2D eigenvalue weighted by Gasteiger charge is -2.22. The van der Waals surface area contributed by atoms with Crippen LogP contribution in [0.15, 0.2) is 0 Å². The molecule has 0 N–H and O–H groups in total. The molecule has 0 aromatic heterocycles. The Bertz CT molecular complexity index is 277. The third-order valence-corrected chi connectivity index (χ3v) is 6.46. The monoisotopic (exact) mass is 395 g/mol. The van der Waals surface area contributed by atoms with Crippen LogP contribution in [0.3, 0.4) is 0 Å². The summed E-state index contributed by atoms with van der Waals surface area (Å²) in [7, 11) is 3.18. The molecule has 0 atom stereocenters. The zero-order chi connectivity index (χ0) is 20.1. The predicted molar refractivity (Wildman–Crippen MR) is 124 cm³/mol. The number of unbranched alkanes of at least 4 members (excludes halogenated alkanes) is 19. The maximum atomic E-state index is 5.28. The van der Waals surface area contributed by atoms with Crippen molar-refractivity contribution in [3.8, 4) is 0 Å². The Balaban J connectivity index is 3.05. The zero-order valence-electron chi connectivity index (χ0n) is 19.3. The topological polar surface area (TPSA) is 9.23 Å². The van der Waals surface area contributed by atoms with Gasteiger partial charge in [0, 0.05) is 5.60 Å². The van der Waals surface area contributed by atoms with Crippen molar-refractivity contribution in [2.75, 3.05) is 0 Å². The highest BCUT2D eigenvalue weighted by Crippen LogP contribution is 2.19. The quantitative estimate of drug-likeness (QED) is 0.131. The number of rotatable bonds is 22. The van der Waals surface area contributed by atoms with Crippen LogP contribution in [0, 0.1) is 0 Å². The van der Waals surface area contributed by atoms with Gasteiger partial charge in [-0.25, -0.2) is 0 Å². The summed E-state index contributed by atoms with van der Waals surface area (Å²) < 4.78 is 5.28. The van der Waals surface area contributed by atoms with Gasteiger partial charge in [0.25, 0.3) is 0 Å². The highest BCUT2D eigenvalue weighted by Gasteiger charge is 2.14. The second-order valence-electron chi connectivity index (χ2n) is 9.33. The van der Waals surface area contributed by atoms with Gasteiger partial charge >= 0.3 is 0 Å². The summed E-state index contributed by atoms with van der Waals surface area (Å²) in [6.07, 6.45) is 30.0. The van der Waals surface area contributed by atoms with Crippen LogP contribution in [-0.4, -0.2) is 16.1 Å².